The van der Waals surface area contributed by atoms with Crippen LogP contribution >= 0.6 is 0 Å². The Morgan fingerprint density at radius 3 is 3.04 bits per heavy atom. The minimum absolute atomic E-state index is 0.304. The minimum Gasteiger partial charge on any atom is -0.458 e. The van der Waals surface area contributed by atoms with Gasteiger partial charge in [-0.15, -0.1) is 0 Å². The molecule has 3 aromatic rings. The first-order valence-corrected chi connectivity index (χ1v) is 7.11. The zero-order valence-corrected chi connectivity index (χ0v) is 12.1. The summed E-state index contributed by atoms with van der Waals surface area (Å²) in [6, 6.07) is 1.72. The molecule has 0 spiro atoms. The van der Waals surface area contributed by atoms with E-state index < -0.39 is 0 Å². The van der Waals surface area contributed by atoms with E-state index >= 15 is 0 Å². The molecule has 1 N–H and O–H groups in total. The van der Waals surface area contributed by atoms with Crippen LogP contribution in [0.3, 0.4) is 0 Å². The van der Waals surface area contributed by atoms with Gasteiger partial charge < -0.3 is 14.5 Å². The average Bonchev–Trinajstić information content (AvgIpc) is 3.22. The summed E-state index contributed by atoms with van der Waals surface area (Å²) in [5, 5.41) is 6.91. The molecule has 116 valence electrons. The summed E-state index contributed by atoms with van der Waals surface area (Å²) in [4.78, 5) is 20.6. The number of amides is 1. The summed E-state index contributed by atoms with van der Waals surface area (Å²) in [5.41, 5.74) is 2.38. The molecule has 0 bridgehead atoms. The van der Waals surface area contributed by atoms with Crippen LogP contribution in [0.25, 0.3) is 5.95 Å². The quantitative estimate of drug-likeness (QED) is 0.789. The van der Waals surface area contributed by atoms with Crippen LogP contribution in [0.4, 0.5) is 5.69 Å². The van der Waals surface area contributed by atoms with Gasteiger partial charge in [0.15, 0.2) is 5.76 Å². The van der Waals surface area contributed by atoms with E-state index in [0.717, 1.165) is 11.1 Å². The van der Waals surface area contributed by atoms with E-state index in [0.29, 0.717) is 37.0 Å². The lowest BCUT2D eigenvalue weighted by Crippen LogP contribution is -2.16. The molecular weight excluding hydrogens is 298 g/mol. The molecule has 4 heterocycles. The molecule has 3 aromatic heterocycles. The molecule has 0 fully saturated rings. The minimum atomic E-state index is -0.304. The largest absolute Gasteiger partial charge is 0.458 e. The number of carbonyl (C=O) groups is 1. The highest BCUT2D eigenvalue weighted by Gasteiger charge is 2.23. The Morgan fingerprint density at radius 1 is 1.30 bits per heavy atom. The number of hydrogen-bond acceptors (Lipinski definition) is 6. The van der Waals surface area contributed by atoms with Crippen molar-refractivity contribution in [3.05, 3.63) is 54.0 Å². The van der Waals surface area contributed by atoms with Crippen LogP contribution in [0, 0.1) is 0 Å². The molecule has 0 unspecified atom stereocenters. The van der Waals surface area contributed by atoms with E-state index in [4.69, 9.17) is 9.15 Å². The molecule has 4 rings (SSSR count). The standard InChI is InChI=1S/C15H13N5O3/c21-14(13-12-2-5-22-8-10(12)9-23-13)19-11-6-18-20(7-11)15-16-3-1-4-17-15/h1,3-4,6-7,9H,2,5,8H2,(H,19,21). The maximum atomic E-state index is 12.4. The van der Waals surface area contributed by atoms with Gasteiger partial charge in [0, 0.05) is 29.9 Å². The van der Waals surface area contributed by atoms with Crippen LogP contribution in [-0.4, -0.2) is 32.3 Å². The second kappa shape index (κ2) is 5.65. The third kappa shape index (κ3) is 2.59. The Labute approximate surface area is 131 Å². The molecule has 0 saturated carbocycles. The van der Waals surface area contributed by atoms with Crippen LogP contribution in [-0.2, 0) is 17.8 Å². The average molecular weight is 311 g/mol. The molecule has 1 aliphatic rings. The molecule has 0 saturated heterocycles. The number of fused-ring (bicyclic) bond motifs is 1. The van der Waals surface area contributed by atoms with Gasteiger partial charge in [-0.05, 0) is 6.07 Å². The Morgan fingerprint density at radius 2 is 2.17 bits per heavy atom. The first-order valence-electron chi connectivity index (χ1n) is 7.11. The topological polar surface area (TPSA) is 95.1 Å². The molecule has 0 aliphatic carbocycles. The maximum Gasteiger partial charge on any atom is 0.291 e. The van der Waals surface area contributed by atoms with Gasteiger partial charge in [-0.2, -0.15) is 5.10 Å². The molecule has 1 amide bonds. The lowest BCUT2D eigenvalue weighted by atomic mass is 10.1. The second-order valence-corrected chi connectivity index (χ2v) is 5.05. The maximum absolute atomic E-state index is 12.4. The van der Waals surface area contributed by atoms with Gasteiger partial charge in [-0.25, -0.2) is 14.6 Å². The van der Waals surface area contributed by atoms with Gasteiger partial charge in [0.25, 0.3) is 5.91 Å². The number of furan rings is 1. The van der Waals surface area contributed by atoms with E-state index in [9.17, 15) is 4.79 Å². The summed E-state index contributed by atoms with van der Waals surface area (Å²) >= 11 is 0. The van der Waals surface area contributed by atoms with Crippen molar-refractivity contribution < 1.29 is 13.9 Å². The van der Waals surface area contributed by atoms with Gasteiger partial charge in [0.1, 0.15) is 0 Å². The highest BCUT2D eigenvalue weighted by atomic mass is 16.5. The van der Waals surface area contributed by atoms with Crippen molar-refractivity contribution in [2.45, 2.75) is 13.0 Å². The fraction of sp³-hybridized carbons (Fsp3) is 0.200. The van der Waals surface area contributed by atoms with Crippen LogP contribution in [0.2, 0.25) is 0 Å². The zero-order valence-electron chi connectivity index (χ0n) is 12.1. The van der Waals surface area contributed by atoms with Gasteiger partial charge >= 0.3 is 0 Å². The molecule has 0 atom stereocenters. The van der Waals surface area contributed by atoms with E-state index in [1.807, 2.05) is 0 Å². The molecule has 8 nitrogen and oxygen atoms in total. The number of ether oxygens (including phenoxy) is 1. The second-order valence-electron chi connectivity index (χ2n) is 5.05. The Bertz CT molecular complexity index is 840. The highest BCUT2D eigenvalue weighted by Crippen LogP contribution is 2.23. The number of nitrogens with one attached hydrogen (secondary N) is 1. The Hall–Kier alpha value is -3.00. The van der Waals surface area contributed by atoms with E-state index in [1.54, 1.807) is 30.9 Å². The number of hydrogen-bond donors (Lipinski definition) is 1. The molecule has 23 heavy (non-hydrogen) atoms. The van der Waals surface area contributed by atoms with Crippen LogP contribution in [0.5, 0.6) is 0 Å². The third-order valence-corrected chi connectivity index (χ3v) is 3.54. The first kappa shape index (κ1) is 13.6. The first-order chi connectivity index (χ1) is 11.3. The fourth-order valence-electron chi connectivity index (χ4n) is 2.45. The molecule has 0 radical (unpaired) electrons. The number of nitrogens with zero attached hydrogens (tertiary/aromatic N) is 4. The third-order valence-electron chi connectivity index (χ3n) is 3.54. The Balaban J connectivity index is 1.53. The summed E-state index contributed by atoms with van der Waals surface area (Å²) in [6.07, 6.45) is 8.67. The van der Waals surface area contributed by atoms with Gasteiger partial charge in [-0.1, -0.05) is 0 Å². The van der Waals surface area contributed by atoms with Gasteiger partial charge in [0.2, 0.25) is 5.95 Å². The van der Waals surface area contributed by atoms with Crippen molar-refractivity contribution in [1.82, 2.24) is 19.7 Å². The normalized spacial score (nSPS) is 13.6. The fourth-order valence-corrected chi connectivity index (χ4v) is 2.45. The number of aromatic nitrogens is 4. The number of rotatable bonds is 3. The Kier molecular flexibility index (Phi) is 3.35. The summed E-state index contributed by atoms with van der Waals surface area (Å²) in [7, 11) is 0. The predicted octanol–water partition coefficient (Wildman–Crippen LogP) is 1.58. The summed E-state index contributed by atoms with van der Waals surface area (Å²) in [5.74, 6) is 0.453. The molecule has 0 aromatic carbocycles. The monoisotopic (exact) mass is 311 g/mol. The van der Waals surface area contributed by atoms with Crippen molar-refractivity contribution >= 4 is 11.6 Å². The van der Waals surface area contributed by atoms with E-state index in [2.05, 4.69) is 20.4 Å². The van der Waals surface area contributed by atoms with Crippen molar-refractivity contribution in [1.29, 1.82) is 0 Å². The van der Waals surface area contributed by atoms with E-state index in [-0.39, 0.29) is 5.91 Å². The van der Waals surface area contributed by atoms with Crippen LogP contribution < -0.4 is 5.32 Å². The van der Waals surface area contributed by atoms with Crippen molar-refractivity contribution in [2.24, 2.45) is 0 Å². The molecule has 1 aliphatic heterocycles. The smallest absolute Gasteiger partial charge is 0.291 e. The highest BCUT2D eigenvalue weighted by molar-refractivity contribution is 6.03. The lowest BCUT2D eigenvalue weighted by molar-refractivity contribution is 0.0988. The van der Waals surface area contributed by atoms with Crippen LogP contribution in [0.1, 0.15) is 21.7 Å². The summed E-state index contributed by atoms with van der Waals surface area (Å²) < 4.78 is 12.2. The molecular formula is C15H13N5O3. The van der Waals surface area contributed by atoms with Gasteiger partial charge in [0.05, 0.1) is 37.6 Å². The van der Waals surface area contributed by atoms with Gasteiger partial charge in [-0.3, -0.25) is 4.79 Å². The van der Waals surface area contributed by atoms with Crippen molar-refractivity contribution in [3.63, 3.8) is 0 Å². The van der Waals surface area contributed by atoms with Crippen molar-refractivity contribution in [2.75, 3.05) is 11.9 Å². The van der Waals surface area contributed by atoms with Crippen molar-refractivity contribution in [3.8, 4) is 5.95 Å². The SMILES string of the molecule is O=C(Nc1cnn(-c2ncccn2)c1)c1occ2c1CCOC2. The zero-order chi connectivity index (χ0) is 15.6. The lowest BCUT2D eigenvalue weighted by Gasteiger charge is -2.11. The molecule has 8 heteroatoms. The number of anilines is 1. The summed E-state index contributed by atoms with van der Waals surface area (Å²) in [6.45, 7) is 1.07. The van der Waals surface area contributed by atoms with Crippen LogP contribution in [0.15, 0.2) is 41.5 Å². The number of carbonyl (C=O) groups excluding carboxylic acids is 1. The predicted molar refractivity (Wildman–Crippen MR) is 79.2 cm³/mol. The van der Waals surface area contributed by atoms with E-state index in [1.165, 1.54) is 10.9 Å².